The van der Waals surface area contributed by atoms with E-state index in [-0.39, 0.29) is 13.4 Å². The molecule has 0 aromatic heterocycles. The number of rotatable bonds is 5. The summed E-state index contributed by atoms with van der Waals surface area (Å²) in [6, 6.07) is 65.5. The summed E-state index contributed by atoms with van der Waals surface area (Å²) in [6.07, 6.45) is 0. The van der Waals surface area contributed by atoms with Crippen molar-refractivity contribution >= 4 is 97.4 Å². The van der Waals surface area contributed by atoms with E-state index in [1.54, 1.807) is 0 Å². The summed E-state index contributed by atoms with van der Waals surface area (Å²) < 4.78 is 7.65. The van der Waals surface area contributed by atoms with Crippen LogP contribution in [0, 0.1) is 76.2 Å². The largest absolute Gasteiger partial charge is 0.458 e. The SMILES string of the molecule is Cc1ccc(N2c3ccc(C)cc3B3c4cc5c(cc4Oc4cc(-c6c(C)cc(C)cc6C)cc2c43)N(c2ccc(C)cc2)c2cc(-c3c(C)cc(C)cc3C)cc3c2B5c2cc(C)ccc2N3c2ccc(C)cc2)cc1. The van der Waals surface area contributed by atoms with E-state index in [1.807, 2.05) is 0 Å². The third-order valence-corrected chi connectivity index (χ3v) is 17.1. The van der Waals surface area contributed by atoms with Crippen LogP contribution in [0.25, 0.3) is 22.3 Å². The number of aryl methyl sites for hydroxylation is 11. The van der Waals surface area contributed by atoms with E-state index in [4.69, 9.17) is 4.74 Å². The number of anilines is 9. The van der Waals surface area contributed by atoms with Crippen molar-refractivity contribution in [1.82, 2.24) is 0 Å². The van der Waals surface area contributed by atoms with Crippen LogP contribution < -0.4 is 52.2 Å². The number of benzene rings is 10. The van der Waals surface area contributed by atoms with Crippen molar-refractivity contribution in [3.8, 4) is 33.8 Å². The van der Waals surface area contributed by atoms with Gasteiger partial charge in [0.2, 0.25) is 0 Å². The van der Waals surface area contributed by atoms with Gasteiger partial charge in [0.05, 0.1) is 0 Å². The Morgan fingerprint density at radius 1 is 0.273 bits per heavy atom. The highest BCUT2D eigenvalue weighted by molar-refractivity contribution is 7.02. The molecule has 4 aliphatic rings. The minimum atomic E-state index is -0.104. The molecule has 0 bridgehead atoms. The van der Waals surface area contributed by atoms with Crippen molar-refractivity contribution in [2.24, 2.45) is 0 Å². The minimum Gasteiger partial charge on any atom is -0.458 e. The normalized spacial score (nSPS) is 13.4. The monoisotopic (exact) mass is 994 g/mol. The second kappa shape index (κ2) is 17.3. The first-order valence-corrected chi connectivity index (χ1v) is 27.4. The lowest BCUT2D eigenvalue weighted by atomic mass is 9.30. The van der Waals surface area contributed by atoms with Crippen LogP contribution in [-0.2, 0) is 0 Å². The molecule has 0 unspecified atom stereocenters. The van der Waals surface area contributed by atoms with E-state index in [0.717, 1.165) is 45.5 Å². The highest BCUT2D eigenvalue weighted by atomic mass is 16.5. The molecule has 0 aliphatic carbocycles. The van der Waals surface area contributed by atoms with Gasteiger partial charge in [0.1, 0.15) is 11.5 Å². The molecule has 372 valence electrons. The summed E-state index contributed by atoms with van der Waals surface area (Å²) in [5.41, 5.74) is 36.7. The fraction of sp³-hybridized carbons (Fsp3) is 0.155. The molecule has 0 atom stereocenters. The van der Waals surface area contributed by atoms with Crippen molar-refractivity contribution < 1.29 is 4.74 Å². The Morgan fingerprint density at radius 3 is 1.08 bits per heavy atom. The van der Waals surface area contributed by atoms with Gasteiger partial charge in [-0.05, 0) is 226 Å². The minimum absolute atomic E-state index is 0.0896. The Morgan fingerprint density at radius 2 is 0.636 bits per heavy atom. The summed E-state index contributed by atoms with van der Waals surface area (Å²) in [4.78, 5) is 7.59. The standard InChI is InChI=1S/C71H61B2N3O/c1-40-12-20-53(21-13-40)74-60-26-18-43(4)32-56(60)72-58-38-59-66(39-62(58)76(55-24-16-42(3)17-25-55)64-35-51(34-63(74)70(64)72)68-47(8)28-45(6)29-48(68)9)77-67-37-52(69-49(10)30-46(7)31-50(69)11)36-65-71(67)73(59)57-33-44(5)19-27-61(57)75(65)54-22-14-41(2)15-23-54/h12-39H,1-11H3. The lowest BCUT2D eigenvalue weighted by Crippen LogP contribution is -2.64. The van der Waals surface area contributed by atoms with Gasteiger partial charge in [0.25, 0.3) is 13.4 Å². The average Bonchev–Trinajstić information content (AvgIpc) is 3.47. The van der Waals surface area contributed by atoms with Crippen molar-refractivity contribution in [2.75, 3.05) is 14.7 Å². The Kier molecular flexibility index (Phi) is 10.5. The summed E-state index contributed by atoms with van der Waals surface area (Å²) in [7, 11) is 0. The first-order chi connectivity index (χ1) is 37.2. The van der Waals surface area contributed by atoms with Crippen molar-refractivity contribution in [1.29, 1.82) is 0 Å². The highest BCUT2D eigenvalue weighted by Crippen LogP contribution is 2.50. The van der Waals surface area contributed by atoms with Gasteiger partial charge in [0.15, 0.2) is 0 Å². The molecule has 4 aliphatic heterocycles. The molecular formula is C71H61B2N3O. The van der Waals surface area contributed by atoms with Gasteiger partial charge >= 0.3 is 0 Å². The molecule has 0 saturated carbocycles. The van der Waals surface area contributed by atoms with Gasteiger partial charge in [-0.25, -0.2) is 0 Å². The van der Waals surface area contributed by atoms with Crippen LogP contribution in [0.1, 0.15) is 61.2 Å². The fourth-order valence-corrected chi connectivity index (χ4v) is 14.0. The van der Waals surface area contributed by atoms with Gasteiger partial charge in [-0.15, -0.1) is 0 Å². The molecule has 0 spiro atoms. The lowest BCUT2D eigenvalue weighted by Gasteiger charge is -2.46. The second-order valence-corrected chi connectivity index (χ2v) is 22.9. The first-order valence-electron chi connectivity index (χ1n) is 27.4. The van der Waals surface area contributed by atoms with Crippen LogP contribution in [0.4, 0.5) is 51.2 Å². The average molecular weight is 994 g/mol. The number of hydrogen-bond acceptors (Lipinski definition) is 4. The Hall–Kier alpha value is -8.47. The molecule has 0 saturated heterocycles. The van der Waals surface area contributed by atoms with Gasteiger partial charge in [-0.3, -0.25) is 0 Å². The molecule has 0 amide bonds. The lowest BCUT2D eigenvalue weighted by molar-refractivity contribution is 0.488. The van der Waals surface area contributed by atoms with E-state index in [1.165, 1.54) is 133 Å². The molecule has 4 nitrogen and oxygen atoms in total. The fourth-order valence-electron chi connectivity index (χ4n) is 14.0. The predicted octanol–water partition coefficient (Wildman–Crippen LogP) is 14.9. The zero-order chi connectivity index (χ0) is 52.9. The Bertz CT molecular complexity index is 4110. The maximum absolute atomic E-state index is 7.65. The molecular weight excluding hydrogens is 932 g/mol. The first kappa shape index (κ1) is 47.0. The Labute approximate surface area is 455 Å². The van der Waals surface area contributed by atoms with E-state index in [0.29, 0.717) is 0 Å². The zero-order valence-corrected chi connectivity index (χ0v) is 46.1. The molecule has 0 radical (unpaired) electrons. The maximum Gasteiger partial charge on any atom is 0.256 e. The molecule has 10 aromatic rings. The van der Waals surface area contributed by atoms with Crippen LogP contribution in [0.5, 0.6) is 11.5 Å². The quantitative estimate of drug-likeness (QED) is 0.160. The zero-order valence-electron chi connectivity index (χ0n) is 46.1. The van der Waals surface area contributed by atoms with E-state index in [9.17, 15) is 0 Å². The van der Waals surface area contributed by atoms with Gasteiger partial charge in [0, 0.05) is 57.3 Å². The molecule has 10 aromatic carbocycles. The van der Waals surface area contributed by atoms with Crippen molar-refractivity contribution in [2.45, 2.75) is 76.2 Å². The van der Waals surface area contributed by atoms with E-state index >= 15 is 0 Å². The van der Waals surface area contributed by atoms with Crippen molar-refractivity contribution in [3.05, 3.63) is 231 Å². The predicted molar refractivity (Wildman–Crippen MR) is 329 cm³/mol. The van der Waals surface area contributed by atoms with Crippen LogP contribution in [0.15, 0.2) is 170 Å². The molecule has 14 rings (SSSR count). The number of ether oxygens (including phenoxy) is 1. The molecule has 4 heterocycles. The second-order valence-electron chi connectivity index (χ2n) is 22.9. The third-order valence-electron chi connectivity index (χ3n) is 17.1. The molecule has 0 N–H and O–H groups in total. The summed E-state index contributed by atoms with van der Waals surface area (Å²) >= 11 is 0. The van der Waals surface area contributed by atoms with E-state index in [2.05, 4.69) is 261 Å². The third kappa shape index (κ3) is 7.28. The Balaban J connectivity index is 1.09. The highest BCUT2D eigenvalue weighted by Gasteiger charge is 2.48. The molecule has 6 heteroatoms. The van der Waals surface area contributed by atoms with Gasteiger partial charge in [-0.1, -0.05) is 130 Å². The maximum atomic E-state index is 7.65. The number of fused-ring (bicyclic) bond motifs is 8. The van der Waals surface area contributed by atoms with Crippen molar-refractivity contribution in [3.63, 3.8) is 0 Å². The van der Waals surface area contributed by atoms with Crippen LogP contribution in [0.3, 0.4) is 0 Å². The summed E-state index contributed by atoms with van der Waals surface area (Å²) in [5.74, 6) is 1.79. The smallest absolute Gasteiger partial charge is 0.256 e. The topological polar surface area (TPSA) is 19.0 Å². The molecule has 0 fully saturated rings. The van der Waals surface area contributed by atoms with Crippen LogP contribution in [0.2, 0.25) is 0 Å². The van der Waals surface area contributed by atoms with Gasteiger partial charge in [-0.2, -0.15) is 0 Å². The number of hydrogen-bond donors (Lipinski definition) is 0. The summed E-state index contributed by atoms with van der Waals surface area (Å²) in [6.45, 7) is 24.3. The number of nitrogens with zero attached hydrogens (tertiary/aromatic N) is 3. The summed E-state index contributed by atoms with van der Waals surface area (Å²) in [5, 5.41) is 0. The molecule has 77 heavy (non-hydrogen) atoms. The van der Waals surface area contributed by atoms with E-state index < -0.39 is 0 Å². The van der Waals surface area contributed by atoms with Crippen LogP contribution in [-0.4, -0.2) is 13.4 Å². The van der Waals surface area contributed by atoms with Gasteiger partial charge < -0.3 is 19.4 Å². The van der Waals surface area contributed by atoms with Crippen LogP contribution >= 0.6 is 0 Å².